The van der Waals surface area contributed by atoms with Crippen LogP contribution in [0.3, 0.4) is 0 Å². The molecule has 1 fully saturated rings. The summed E-state index contributed by atoms with van der Waals surface area (Å²) in [5.41, 5.74) is 7.65. The van der Waals surface area contributed by atoms with Crippen molar-refractivity contribution >= 4 is 23.3 Å². The Morgan fingerprint density at radius 2 is 2.24 bits per heavy atom. The maximum absolute atomic E-state index is 13.7. The molecule has 0 saturated carbocycles. The number of likely N-dealkylation sites (tertiary alicyclic amines) is 1. The molecular weight excluding hydrogens is 289 g/mol. The predicted octanol–water partition coefficient (Wildman–Crippen LogP) is 2.97. The molecule has 114 valence electrons. The number of piperidine rings is 1. The lowest BCUT2D eigenvalue weighted by atomic mass is 9.97. The number of pyridine rings is 1. The standard InChI is InChI=1S/C16H20FN3.ClH/c17-15-7-13-4-1-5-19-16(13)14(8-15)11-20-6-2-3-12(9-18)10-20;/h1,4-5,7-8,12H,2-3,6,9-11,18H2;1H. The van der Waals surface area contributed by atoms with Gasteiger partial charge in [-0.3, -0.25) is 9.88 Å². The van der Waals surface area contributed by atoms with E-state index >= 15 is 0 Å². The minimum atomic E-state index is -0.187. The van der Waals surface area contributed by atoms with E-state index < -0.39 is 0 Å². The summed E-state index contributed by atoms with van der Waals surface area (Å²) in [6, 6.07) is 6.91. The van der Waals surface area contributed by atoms with E-state index in [0.29, 0.717) is 5.92 Å². The van der Waals surface area contributed by atoms with Crippen LogP contribution >= 0.6 is 12.4 Å². The molecule has 2 N–H and O–H groups in total. The Balaban J connectivity index is 0.00000161. The first-order valence-electron chi connectivity index (χ1n) is 7.22. The summed E-state index contributed by atoms with van der Waals surface area (Å²) < 4.78 is 13.7. The van der Waals surface area contributed by atoms with Gasteiger partial charge < -0.3 is 5.73 Å². The van der Waals surface area contributed by atoms with Crippen LogP contribution in [0.2, 0.25) is 0 Å². The minimum absolute atomic E-state index is 0. The van der Waals surface area contributed by atoms with Crippen molar-refractivity contribution in [2.75, 3.05) is 19.6 Å². The van der Waals surface area contributed by atoms with E-state index in [1.807, 2.05) is 12.1 Å². The number of halogens is 2. The van der Waals surface area contributed by atoms with E-state index in [-0.39, 0.29) is 18.2 Å². The lowest BCUT2D eigenvalue weighted by molar-refractivity contribution is 0.171. The number of rotatable bonds is 3. The zero-order valence-corrected chi connectivity index (χ0v) is 12.8. The van der Waals surface area contributed by atoms with Crippen LogP contribution in [0.25, 0.3) is 10.9 Å². The SMILES string of the molecule is Cl.NCC1CCCN(Cc2cc(F)cc3cccnc23)C1. The Kier molecular flexibility index (Phi) is 5.51. The summed E-state index contributed by atoms with van der Waals surface area (Å²) in [5.74, 6) is 0.379. The van der Waals surface area contributed by atoms with Crippen LogP contribution in [0, 0.1) is 11.7 Å². The summed E-state index contributed by atoms with van der Waals surface area (Å²) in [4.78, 5) is 6.77. The molecule has 2 aromatic rings. The zero-order valence-electron chi connectivity index (χ0n) is 12.0. The average Bonchev–Trinajstić information content (AvgIpc) is 2.47. The van der Waals surface area contributed by atoms with Gasteiger partial charge in [0, 0.05) is 24.7 Å². The molecule has 0 bridgehead atoms. The van der Waals surface area contributed by atoms with Crippen molar-refractivity contribution in [3.05, 3.63) is 41.8 Å². The fourth-order valence-corrected chi connectivity index (χ4v) is 3.08. The molecule has 1 aromatic heterocycles. The molecule has 5 heteroatoms. The Labute approximate surface area is 130 Å². The number of fused-ring (bicyclic) bond motifs is 1. The summed E-state index contributed by atoms with van der Waals surface area (Å²) in [6.45, 7) is 3.54. The molecule has 1 unspecified atom stereocenters. The van der Waals surface area contributed by atoms with Crippen LogP contribution in [0.15, 0.2) is 30.5 Å². The van der Waals surface area contributed by atoms with E-state index in [9.17, 15) is 4.39 Å². The Morgan fingerprint density at radius 1 is 1.38 bits per heavy atom. The molecule has 1 aliphatic rings. The highest BCUT2D eigenvalue weighted by Gasteiger charge is 2.19. The van der Waals surface area contributed by atoms with Gasteiger partial charge in [0.15, 0.2) is 0 Å². The number of nitrogens with two attached hydrogens (primary N) is 1. The molecule has 0 spiro atoms. The molecule has 1 aromatic carbocycles. The lowest BCUT2D eigenvalue weighted by Gasteiger charge is -2.32. The molecule has 1 saturated heterocycles. The van der Waals surface area contributed by atoms with Gasteiger partial charge in [-0.2, -0.15) is 0 Å². The highest BCUT2D eigenvalue weighted by molar-refractivity contribution is 5.85. The molecule has 0 amide bonds. The molecule has 1 aliphatic heterocycles. The first-order chi connectivity index (χ1) is 9.76. The number of benzene rings is 1. The van der Waals surface area contributed by atoms with Gasteiger partial charge in [-0.25, -0.2) is 4.39 Å². The third-order valence-electron chi connectivity index (χ3n) is 4.08. The number of hydrogen-bond donors (Lipinski definition) is 1. The van der Waals surface area contributed by atoms with Crippen molar-refractivity contribution in [2.45, 2.75) is 19.4 Å². The first-order valence-corrected chi connectivity index (χ1v) is 7.22. The summed E-state index contributed by atoms with van der Waals surface area (Å²) in [7, 11) is 0. The summed E-state index contributed by atoms with van der Waals surface area (Å²) in [6.07, 6.45) is 4.14. The zero-order chi connectivity index (χ0) is 13.9. The van der Waals surface area contributed by atoms with Gasteiger partial charge in [-0.15, -0.1) is 12.4 Å². The van der Waals surface area contributed by atoms with Gasteiger partial charge in [0.2, 0.25) is 0 Å². The summed E-state index contributed by atoms with van der Waals surface area (Å²) in [5, 5.41) is 0.870. The lowest BCUT2D eigenvalue weighted by Crippen LogP contribution is -2.37. The Hall–Kier alpha value is -1.23. The van der Waals surface area contributed by atoms with E-state index in [4.69, 9.17) is 5.73 Å². The van der Waals surface area contributed by atoms with Gasteiger partial charge in [-0.1, -0.05) is 6.07 Å². The van der Waals surface area contributed by atoms with Gasteiger partial charge in [-0.05, 0) is 55.6 Å². The van der Waals surface area contributed by atoms with E-state index in [2.05, 4.69) is 9.88 Å². The van der Waals surface area contributed by atoms with Crippen LogP contribution in [-0.4, -0.2) is 29.5 Å². The highest BCUT2D eigenvalue weighted by Crippen LogP contribution is 2.23. The fourth-order valence-electron chi connectivity index (χ4n) is 3.08. The number of aromatic nitrogens is 1. The Morgan fingerprint density at radius 3 is 3.05 bits per heavy atom. The average molecular weight is 310 g/mol. The van der Waals surface area contributed by atoms with Crippen LogP contribution in [0.1, 0.15) is 18.4 Å². The van der Waals surface area contributed by atoms with E-state index in [1.165, 1.54) is 12.8 Å². The normalized spacial score (nSPS) is 19.4. The van der Waals surface area contributed by atoms with E-state index in [0.717, 1.165) is 42.6 Å². The third kappa shape index (κ3) is 3.70. The maximum Gasteiger partial charge on any atom is 0.124 e. The second-order valence-corrected chi connectivity index (χ2v) is 5.62. The van der Waals surface area contributed by atoms with Crippen LogP contribution in [0.5, 0.6) is 0 Å². The minimum Gasteiger partial charge on any atom is -0.330 e. The topological polar surface area (TPSA) is 42.1 Å². The molecule has 2 heterocycles. The second-order valence-electron chi connectivity index (χ2n) is 5.62. The van der Waals surface area contributed by atoms with Gasteiger partial charge in [0.25, 0.3) is 0 Å². The first kappa shape index (κ1) is 16.1. The quantitative estimate of drug-likeness (QED) is 0.948. The predicted molar refractivity (Wildman–Crippen MR) is 86.0 cm³/mol. The van der Waals surface area contributed by atoms with Crippen molar-refractivity contribution in [2.24, 2.45) is 11.7 Å². The van der Waals surface area contributed by atoms with Crippen LogP contribution in [-0.2, 0) is 6.54 Å². The van der Waals surface area contributed by atoms with Crippen molar-refractivity contribution < 1.29 is 4.39 Å². The van der Waals surface area contributed by atoms with Gasteiger partial charge >= 0.3 is 0 Å². The van der Waals surface area contributed by atoms with Gasteiger partial charge in [0.1, 0.15) is 5.82 Å². The molecule has 0 radical (unpaired) electrons. The molecule has 3 rings (SSSR count). The van der Waals surface area contributed by atoms with Crippen LogP contribution in [0.4, 0.5) is 4.39 Å². The van der Waals surface area contributed by atoms with Crippen molar-refractivity contribution in [3.63, 3.8) is 0 Å². The van der Waals surface area contributed by atoms with E-state index in [1.54, 1.807) is 18.3 Å². The fraction of sp³-hybridized carbons (Fsp3) is 0.438. The second kappa shape index (κ2) is 7.16. The molecule has 3 nitrogen and oxygen atoms in total. The number of hydrogen-bond acceptors (Lipinski definition) is 3. The van der Waals surface area contributed by atoms with Crippen molar-refractivity contribution in [1.82, 2.24) is 9.88 Å². The monoisotopic (exact) mass is 309 g/mol. The van der Waals surface area contributed by atoms with Crippen molar-refractivity contribution in [1.29, 1.82) is 0 Å². The van der Waals surface area contributed by atoms with Crippen molar-refractivity contribution in [3.8, 4) is 0 Å². The third-order valence-corrected chi connectivity index (χ3v) is 4.08. The Bertz CT molecular complexity index is 605. The molecule has 0 aliphatic carbocycles. The molecular formula is C16H21ClFN3. The van der Waals surface area contributed by atoms with Crippen LogP contribution < -0.4 is 5.73 Å². The van der Waals surface area contributed by atoms with Gasteiger partial charge in [0.05, 0.1) is 5.52 Å². The molecule has 1 atom stereocenters. The summed E-state index contributed by atoms with van der Waals surface area (Å²) >= 11 is 0. The largest absolute Gasteiger partial charge is 0.330 e. The smallest absolute Gasteiger partial charge is 0.124 e. The highest BCUT2D eigenvalue weighted by atomic mass is 35.5. The maximum atomic E-state index is 13.7. The molecule has 21 heavy (non-hydrogen) atoms. The number of nitrogens with zero attached hydrogens (tertiary/aromatic N) is 2.